The maximum atomic E-state index is 12.6. The lowest BCUT2D eigenvalue weighted by Crippen LogP contribution is -2.43. The lowest BCUT2D eigenvalue weighted by atomic mass is 10.1. The Bertz CT molecular complexity index is 807. The van der Waals surface area contributed by atoms with E-state index in [4.69, 9.17) is 16.3 Å². The van der Waals surface area contributed by atoms with E-state index in [1.54, 1.807) is 18.2 Å². The summed E-state index contributed by atoms with van der Waals surface area (Å²) in [7, 11) is 1.49. The summed E-state index contributed by atoms with van der Waals surface area (Å²) in [4.78, 5) is 26.6. The molecule has 2 aromatic rings. The van der Waals surface area contributed by atoms with Crippen LogP contribution in [0.4, 0.5) is 11.4 Å². The van der Waals surface area contributed by atoms with Crippen molar-refractivity contribution in [3.63, 3.8) is 0 Å². The molecule has 1 aliphatic rings. The zero-order valence-corrected chi connectivity index (χ0v) is 14.1. The second-order valence-corrected chi connectivity index (χ2v) is 6.09. The van der Waals surface area contributed by atoms with Gasteiger partial charge in [-0.2, -0.15) is 0 Å². The molecule has 24 heavy (non-hydrogen) atoms. The maximum Gasteiger partial charge on any atom is 0.316 e. The van der Waals surface area contributed by atoms with E-state index in [1.165, 1.54) is 12.0 Å². The lowest BCUT2D eigenvalue weighted by Gasteiger charge is -2.22. The van der Waals surface area contributed by atoms with Crippen LogP contribution < -0.4 is 15.0 Å². The molecule has 0 saturated heterocycles. The fourth-order valence-electron chi connectivity index (χ4n) is 2.94. The van der Waals surface area contributed by atoms with Crippen molar-refractivity contribution in [2.45, 2.75) is 19.4 Å². The molecule has 0 saturated carbocycles. The molecule has 2 aromatic carbocycles. The van der Waals surface area contributed by atoms with E-state index < -0.39 is 11.8 Å². The van der Waals surface area contributed by atoms with Gasteiger partial charge in [0, 0.05) is 16.8 Å². The molecule has 1 atom stereocenters. The van der Waals surface area contributed by atoms with Gasteiger partial charge in [0.2, 0.25) is 0 Å². The van der Waals surface area contributed by atoms with Gasteiger partial charge in [-0.1, -0.05) is 29.8 Å². The number of benzene rings is 2. The van der Waals surface area contributed by atoms with Crippen LogP contribution in [0, 0.1) is 0 Å². The van der Waals surface area contributed by atoms with Crippen molar-refractivity contribution in [2.24, 2.45) is 0 Å². The molecule has 3 rings (SSSR count). The lowest BCUT2D eigenvalue weighted by molar-refractivity contribution is -0.134. The monoisotopic (exact) mass is 344 g/mol. The molecular weight excluding hydrogens is 328 g/mol. The molecule has 0 fully saturated rings. The van der Waals surface area contributed by atoms with Crippen LogP contribution in [0.25, 0.3) is 0 Å². The first-order chi connectivity index (χ1) is 11.5. The molecule has 1 N–H and O–H groups in total. The van der Waals surface area contributed by atoms with E-state index in [2.05, 4.69) is 5.32 Å². The van der Waals surface area contributed by atoms with E-state index in [9.17, 15) is 9.59 Å². The maximum absolute atomic E-state index is 12.6. The first-order valence-corrected chi connectivity index (χ1v) is 7.95. The average molecular weight is 345 g/mol. The quantitative estimate of drug-likeness (QED) is 0.851. The molecule has 0 aromatic heterocycles. The van der Waals surface area contributed by atoms with Crippen LogP contribution in [0.3, 0.4) is 0 Å². The van der Waals surface area contributed by atoms with Crippen LogP contribution in [-0.4, -0.2) is 25.0 Å². The highest BCUT2D eigenvalue weighted by Gasteiger charge is 2.34. The van der Waals surface area contributed by atoms with Gasteiger partial charge in [0.25, 0.3) is 0 Å². The van der Waals surface area contributed by atoms with Gasteiger partial charge in [-0.15, -0.1) is 0 Å². The second-order valence-electron chi connectivity index (χ2n) is 5.66. The number of nitrogens with zero attached hydrogens (tertiary/aromatic N) is 1. The minimum Gasteiger partial charge on any atom is -0.495 e. The van der Waals surface area contributed by atoms with Crippen LogP contribution in [-0.2, 0) is 16.0 Å². The summed E-state index contributed by atoms with van der Waals surface area (Å²) in [5.41, 5.74) is 2.21. The van der Waals surface area contributed by atoms with Gasteiger partial charge in [0.1, 0.15) is 5.75 Å². The zero-order chi connectivity index (χ0) is 17.3. The van der Waals surface area contributed by atoms with Gasteiger partial charge >= 0.3 is 11.8 Å². The molecule has 1 heterocycles. The summed E-state index contributed by atoms with van der Waals surface area (Å²) in [5.74, 6) is -0.885. The molecule has 5 nitrogen and oxygen atoms in total. The Labute approximate surface area is 145 Å². The highest BCUT2D eigenvalue weighted by molar-refractivity contribution is 6.45. The van der Waals surface area contributed by atoms with Crippen LogP contribution in [0.5, 0.6) is 5.75 Å². The summed E-state index contributed by atoms with van der Waals surface area (Å²) in [6.45, 7) is 1.92. The predicted octanol–water partition coefficient (Wildman–Crippen LogP) is 3.26. The third-order valence-corrected chi connectivity index (χ3v) is 4.27. The largest absolute Gasteiger partial charge is 0.495 e. The normalized spacial score (nSPS) is 15.8. The Balaban J connectivity index is 1.84. The first-order valence-electron chi connectivity index (χ1n) is 7.57. The number of anilines is 2. The Hall–Kier alpha value is -2.53. The van der Waals surface area contributed by atoms with Crippen molar-refractivity contribution in [3.8, 4) is 5.75 Å². The van der Waals surface area contributed by atoms with E-state index in [-0.39, 0.29) is 6.04 Å². The Morgan fingerprint density at radius 1 is 1.25 bits per heavy atom. The highest BCUT2D eigenvalue weighted by Crippen LogP contribution is 2.32. The van der Waals surface area contributed by atoms with Crippen LogP contribution in [0.1, 0.15) is 12.5 Å². The van der Waals surface area contributed by atoms with Crippen LogP contribution in [0.15, 0.2) is 42.5 Å². The molecule has 1 aliphatic heterocycles. The van der Waals surface area contributed by atoms with E-state index in [0.717, 1.165) is 17.7 Å². The van der Waals surface area contributed by atoms with Gasteiger partial charge in [-0.05, 0) is 43.2 Å². The summed E-state index contributed by atoms with van der Waals surface area (Å²) < 4.78 is 5.19. The predicted molar refractivity (Wildman–Crippen MR) is 93.7 cm³/mol. The minimum atomic E-state index is -0.723. The minimum absolute atomic E-state index is 0.0677. The molecular formula is C18H17ClN2O3. The molecule has 0 spiro atoms. The van der Waals surface area contributed by atoms with Gasteiger partial charge in [-0.25, -0.2) is 0 Å². The standard InChI is InChI=1S/C18H17ClN2O3/c1-11-9-12-5-3-4-6-15(12)21(11)18(23)17(22)20-14-10-13(19)7-8-16(14)24-2/h3-8,10-11H,9H2,1-2H3,(H,20,22). The van der Waals surface area contributed by atoms with Crippen molar-refractivity contribution in [2.75, 3.05) is 17.3 Å². The van der Waals surface area contributed by atoms with E-state index in [0.29, 0.717) is 16.5 Å². The summed E-state index contributed by atoms with van der Waals surface area (Å²) in [6, 6.07) is 12.4. The molecule has 6 heteroatoms. The van der Waals surface area contributed by atoms with Gasteiger partial charge in [-0.3, -0.25) is 9.59 Å². The third kappa shape index (κ3) is 2.95. The number of nitrogens with one attached hydrogen (secondary N) is 1. The number of amides is 2. The Kier molecular flexibility index (Phi) is 4.44. The highest BCUT2D eigenvalue weighted by atomic mass is 35.5. The van der Waals surface area contributed by atoms with Crippen LogP contribution in [0.2, 0.25) is 5.02 Å². The van der Waals surface area contributed by atoms with Crippen molar-refractivity contribution in [1.29, 1.82) is 0 Å². The number of para-hydroxylation sites is 1. The molecule has 1 unspecified atom stereocenters. The van der Waals surface area contributed by atoms with Crippen molar-refractivity contribution < 1.29 is 14.3 Å². The van der Waals surface area contributed by atoms with Crippen molar-refractivity contribution >= 4 is 34.8 Å². The number of rotatable bonds is 2. The number of carbonyl (C=O) groups is 2. The van der Waals surface area contributed by atoms with E-state index in [1.807, 2.05) is 31.2 Å². The van der Waals surface area contributed by atoms with Crippen molar-refractivity contribution in [3.05, 3.63) is 53.1 Å². The topological polar surface area (TPSA) is 58.6 Å². The second kappa shape index (κ2) is 6.53. The Morgan fingerprint density at radius 2 is 2.00 bits per heavy atom. The number of hydrogen-bond acceptors (Lipinski definition) is 3. The first kappa shape index (κ1) is 16.3. The molecule has 0 aliphatic carbocycles. The summed E-state index contributed by atoms with van der Waals surface area (Å²) in [5, 5.41) is 3.03. The number of ether oxygens (including phenoxy) is 1. The van der Waals surface area contributed by atoms with Gasteiger partial charge in [0.15, 0.2) is 0 Å². The smallest absolute Gasteiger partial charge is 0.316 e. The number of hydrogen-bond donors (Lipinski definition) is 1. The molecule has 124 valence electrons. The number of halogens is 1. The van der Waals surface area contributed by atoms with Crippen molar-refractivity contribution in [1.82, 2.24) is 0 Å². The fraction of sp³-hybridized carbons (Fsp3) is 0.222. The summed E-state index contributed by atoms with van der Waals surface area (Å²) >= 11 is 5.95. The summed E-state index contributed by atoms with van der Waals surface area (Å²) in [6.07, 6.45) is 0.732. The molecule has 2 amide bonds. The SMILES string of the molecule is COc1ccc(Cl)cc1NC(=O)C(=O)N1c2ccccc2CC1C. The fourth-order valence-corrected chi connectivity index (χ4v) is 3.11. The number of methoxy groups -OCH3 is 1. The zero-order valence-electron chi connectivity index (χ0n) is 13.4. The van der Waals surface area contributed by atoms with E-state index >= 15 is 0 Å². The molecule has 0 bridgehead atoms. The van der Waals surface area contributed by atoms with Gasteiger partial charge in [0.05, 0.1) is 12.8 Å². The van der Waals surface area contributed by atoms with Crippen LogP contribution >= 0.6 is 11.6 Å². The average Bonchev–Trinajstić information content (AvgIpc) is 2.90. The third-order valence-electron chi connectivity index (χ3n) is 4.03. The number of fused-ring (bicyclic) bond motifs is 1. The Morgan fingerprint density at radius 3 is 2.75 bits per heavy atom. The number of carbonyl (C=O) groups excluding carboxylic acids is 2. The molecule has 0 radical (unpaired) electrons. The van der Waals surface area contributed by atoms with Gasteiger partial charge < -0.3 is 15.0 Å².